The second kappa shape index (κ2) is 7.76. The minimum absolute atomic E-state index is 0.0242. The van der Waals surface area contributed by atoms with E-state index in [-0.39, 0.29) is 22.2 Å². The summed E-state index contributed by atoms with van der Waals surface area (Å²) in [6.07, 6.45) is 0. The van der Waals surface area contributed by atoms with Crippen molar-refractivity contribution in [2.45, 2.75) is 25.7 Å². The summed E-state index contributed by atoms with van der Waals surface area (Å²) in [7, 11) is -3.68. The standard InChI is InChI=1S/C18H21FN2O3S/c1-12(2)11-20-25(23,24)16-6-4-5-14(10-16)18(22)21-15-7-8-17(19)13(3)9-15/h4-10,12,20H,11H2,1-3H3,(H,21,22). The molecule has 0 saturated carbocycles. The van der Waals surface area contributed by atoms with Crippen LogP contribution in [0.5, 0.6) is 0 Å². The minimum atomic E-state index is -3.68. The SMILES string of the molecule is Cc1cc(NC(=O)c2cccc(S(=O)(=O)NCC(C)C)c2)ccc1F. The van der Waals surface area contributed by atoms with E-state index in [4.69, 9.17) is 0 Å². The van der Waals surface area contributed by atoms with Crippen molar-refractivity contribution in [3.8, 4) is 0 Å². The lowest BCUT2D eigenvalue weighted by atomic mass is 10.2. The Hall–Kier alpha value is -2.25. The summed E-state index contributed by atoms with van der Waals surface area (Å²) in [6, 6.07) is 10.0. The number of aryl methyl sites for hydroxylation is 1. The predicted octanol–water partition coefficient (Wildman–Crippen LogP) is 3.32. The summed E-state index contributed by atoms with van der Waals surface area (Å²) < 4.78 is 40.3. The topological polar surface area (TPSA) is 75.3 Å². The summed E-state index contributed by atoms with van der Waals surface area (Å²) >= 11 is 0. The van der Waals surface area contributed by atoms with Crippen LogP contribution in [-0.4, -0.2) is 20.9 Å². The normalized spacial score (nSPS) is 11.6. The third-order valence-corrected chi connectivity index (χ3v) is 4.93. The number of sulfonamides is 1. The molecule has 0 saturated heterocycles. The monoisotopic (exact) mass is 364 g/mol. The first-order chi connectivity index (χ1) is 11.7. The molecule has 2 rings (SSSR count). The molecule has 0 atom stereocenters. The minimum Gasteiger partial charge on any atom is -0.322 e. The number of benzene rings is 2. The average Bonchev–Trinajstić information content (AvgIpc) is 2.56. The van der Waals surface area contributed by atoms with E-state index in [1.807, 2.05) is 13.8 Å². The summed E-state index contributed by atoms with van der Waals surface area (Å²) in [5.74, 6) is -0.655. The maximum Gasteiger partial charge on any atom is 0.255 e. The van der Waals surface area contributed by atoms with Gasteiger partial charge in [-0.3, -0.25) is 4.79 Å². The Morgan fingerprint density at radius 1 is 1.16 bits per heavy atom. The Kier molecular flexibility index (Phi) is 5.92. The molecule has 0 fully saturated rings. The molecule has 134 valence electrons. The smallest absolute Gasteiger partial charge is 0.255 e. The summed E-state index contributed by atoms with van der Waals surface area (Å²) in [6.45, 7) is 5.71. The average molecular weight is 364 g/mol. The number of nitrogens with one attached hydrogen (secondary N) is 2. The molecule has 7 heteroatoms. The van der Waals surface area contributed by atoms with Crippen LogP contribution in [0.25, 0.3) is 0 Å². The van der Waals surface area contributed by atoms with E-state index in [9.17, 15) is 17.6 Å². The van der Waals surface area contributed by atoms with E-state index in [0.29, 0.717) is 17.8 Å². The first-order valence-corrected chi connectivity index (χ1v) is 9.34. The quantitative estimate of drug-likeness (QED) is 0.826. The van der Waals surface area contributed by atoms with Crippen LogP contribution in [0.3, 0.4) is 0 Å². The van der Waals surface area contributed by atoms with Crippen LogP contribution in [0, 0.1) is 18.7 Å². The molecule has 0 bridgehead atoms. The number of rotatable bonds is 6. The van der Waals surface area contributed by atoms with Crippen LogP contribution in [0.1, 0.15) is 29.8 Å². The van der Waals surface area contributed by atoms with Gasteiger partial charge in [0.2, 0.25) is 10.0 Å². The number of carbonyl (C=O) groups excluding carboxylic acids is 1. The molecule has 2 N–H and O–H groups in total. The highest BCUT2D eigenvalue weighted by atomic mass is 32.2. The van der Waals surface area contributed by atoms with Crippen LogP contribution in [0.15, 0.2) is 47.4 Å². The molecule has 0 aliphatic carbocycles. The molecular weight excluding hydrogens is 343 g/mol. The van der Waals surface area contributed by atoms with E-state index >= 15 is 0 Å². The Labute approximate surface area is 147 Å². The fourth-order valence-corrected chi connectivity index (χ4v) is 3.35. The molecule has 2 aromatic carbocycles. The molecule has 5 nitrogen and oxygen atoms in total. The van der Waals surface area contributed by atoms with Gasteiger partial charge in [0.1, 0.15) is 5.82 Å². The van der Waals surface area contributed by atoms with E-state index in [2.05, 4.69) is 10.0 Å². The van der Waals surface area contributed by atoms with Crippen molar-refractivity contribution >= 4 is 21.6 Å². The molecule has 0 unspecified atom stereocenters. The summed E-state index contributed by atoms with van der Waals surface area (Å²) in [4.78, 5) is 12.4. The lowest BCUT2D eigenvalue weighted by Crippen LogP contribution is -2.27. The van der Waals surface area contributed by atoms with Gasteiger partial charge in [0.25, 0.3) is 5.91 Å². The second-order valence-corrected chi connectivity index (χ2v) is 7.96. The summed E-state index contributed by atoms with van der Waals surface area (Å²) in [5, 5.41) is 2.63. The van der Waals surface area contributed by atoms with Gasteiger partial charge in [-0.1, -0.05) is 19.9 Å². The van der Waals surface area contributed by atoms with Gasteiger partial charge in [0.05, 0.1) is 4.90 Å². The Morgan fingerprint density at radius 3 is 2.52 bits per heavy atom. The first-order valence-electron chi connectivity index (χ1n) is 7.86. The largest absolute Gasteiger partial charge is 0.322 e. The predicted molar refractivity (Wildman–Crippen MR) is 95.6 cm³/mol. The van der Waals surface area contributed by atoms with E-state index in [1.165, 1.54) is 42.5 Å². The van der Waals surface area contributed by atoms with Crippen molar-refractivity contribution in [1.29, 1.82) is 0 Å². The number of halogens is 1. The van der Waals surface area contributed by atoms with Gasteiger partial charge in [0, 0.05) is 17.8 Å². The van der Waals surface area contributed by atoms with Crippen LogP contribution in [0.4, 0.5) is 10.1 Å². The Bertz CT molecular complexity index is 880. The molecule has 0 aliphatic rings. The van der Waals surface area contributed by atoms with Gasteiger partial charge in [-0.2, -0.15) is 0 Å². The number of amides is 1. The van der Waals surface area contributed by atoms with Crippen LogP contribution in [0.2, 0.25) is 0 Å². The zero-order chi connectivity index (χ0) is 18.6. The van der Waals surface area contributed by atoms with Crippen molar-refractivity contribution < 1.29 is 17.6 Å². The van der Waals surface area contributed by atoms with Gasteiger partial charge >= 0.3 is 0 Å². The highest BCUT2D eigenvalue weighted by molar-refractivity contribution is 7.89. The molecule has 25 heavy (non-hydrogen) atoms. The number of anilines is 1. The molecule has 0 heterocycles. The van der Waals surface area contributed by atoms with Crippen molar-refractivity contribution in [1.82, 2.24) is 4.72 Å². The Morgan fingerprint density at radius 2 is 1.88 bits per heavy atom. The number of carbonyl (C=O) groups is 1. The van der Waals surface area contributed by atoms with Crippen molar-refractivity contribution in [3.63, 3.8) is 0 Å². The van der Waals surface area contributed by atoms with Crippen molar-refractivity contribution in [3.05, 3.63) is 59.4 Å². The van der Waals surface area contributed by atoms with Gasteiger partial charge in [-0.05, 0) is 54.8 Å². The molecule has 0 aromatic heterocycles. The fraction of sp³-hybridized carbons (Fsp3) is 0.278. The summed E-state index contributed by atoms with van der Waals surface area (Å²) in [5.41, 5.74) is 1.05. The van der Waals surface area contributed by atoms with Gasteiger partial charge in [-0.25, -0.2) is 17.5 Å². The van der Waals surface area contributed by atoms with Crippen LogP contribution < -0.4 is 10.0 Å². The van der Waals surface area contributed by atoms with Gasteiger partial charge in [0.15, 0.2) is 0 Å². The third kappa shape index (κ3) is 5.11. The Balaban J connectivity index is 2.19. The van der Waals surface area contributed by atoms with E-state index in [0.717, 1.165) is 0 Å². The molecular formula is C18H21FN2O3S. The highest BCUT2D eigenvalue weighted by Gasteiger charge is 2.16. The van der Waals surface area contributed by atoms with E-state index < -0.39 is 15.9 Å². The highest BCUT2D eigenvalue weighted by Crippen LogP contribution is 2.16. The van der Waals surface area contributed by atoms with Crippen LogP contribution in [-0.2, 0) is 10.0 Å². The van der Waals surface area contributed by atoms with E-state index in [1.54, 1.807) is 6.92 Å². The van der Waals surface area contributed by atoms with Gasteiger partial charge < -0.3 is 5.32 Å². The molecule has 0 spiro atoms. The van der Waals surface area contributed by atoms with Crippen molar-refractivity contribution in [2.75, 3.05) is 11.9 Å². The lowest BCUT2D eigenvalue weighted by Gasteiger charge is -2.10. The number of hydrogen-bond donors (Lipinski definition) is 2. The van der Waals surface area contributed by atoms with Crippen LogP contribution >= 0.6 is 0 Å². The molecule has 1 amide bonds. The molecule has 0 radical (unpaired) electrons. The fourth-order valence-electron chi connectivity index (χ4n) is 2.09. The lowest BCUT2D eigenvalue weighted by molar-refractivity contribution is 0.102. The number of hydrogen-bond acceptors (Lipinski definition) is 3. The first kappa shape index (κ1) is 19.1. The molecule has 2 aromatic rings. The third-order valence-electron chi connectivity index (χ3n) is 3.50. The van der Waals surface area contributed by atoms with Gasteiger partial charge in [-0.15, -0.1) is 0 Å². The van der Waals surface area contributed by atoms with Crippen molar-refractivity contribution in [2.24, 2.45) is 5.92 Å². The zero-order valence-electron chi connectivity index (χ0n) is 14.3. The zero-order valence-corrected chi connectivity index (χ0v) is 15.2. The second-order valence-electron chi connectivity index (χ2n) is 6.19. The molecule has 0 aliphatic heterocycles. The maximum absolute atomic E-state index is 13.3. The maximum atomic E-state index is 13.3.